The van der Waals surface area contributed by atoms with Crippen molar-refractivity contribution in [3.63, 3.8) is 0 Å². The Labute approximate surface area is 150 Å². The van der Waals surface area contributed by atoms with Crippen molar-refractivity contribution in [3.05, 3.63) is 23.7 Å². The summed E-state index contributed by atoms with van der Waals surface area (Å²) in [4.78, 5) is 17.2. The second kappa shape index (κ2) is 7.02. The van der Waals surface area contributed by atoms with Crippen LogP contribution in [0.4, 0.5) is 4.79 Å². The van der Waals surface area contributed by atoms with E-state index in [2.05, 4.69) is 21.2 Å². The monoisotopic (exact) mass is 345 g/mol. The minimum atomic E-state index is 0.169. The molecule has 3 aliphatic rings. The van der Waals surface area contributed by atoms with Crippen LogP contribution in [0.1, 0.15) is 56.5 Å². The van der Waals surface area contributed by atoms with E-state index >= 15 is 0 Å². The van der Waals surface area contributed by atoms with Gasteiger partial charge in [0.2, 0.25) is 0 Å². The molecule has 4 rings (SSSR count). The van der Waals surface area contributed by atoms with E-state index in [1.807, 2.05) is 13.0 Å². The van der Waals surface area contributed by atoms with Crippen LogP contribution in [-0.4, -0.2) is 48.1 Å². The van der Waals surface area contributed by atoms with Crippen LogP contribution in [-0.2, 0) is 6.54 Å². The van der Waals surface area contributed by atoms with Gasteiger partial charge in [-0.15, -0.1) is 0 Å². The summed E-state index contributed by atoms with van der Waals surface area (Å²) >= 11 is 0. The number of aryl methyl sites for hydroxylation is 1. The Morgan fingerprint density at radius 1 is 1.20 bits per heavy atom. The van der Waals surface area contributed by atoms with Gasteiger partial charge in [-0.3, -0.25) is 4.90 Å². The second-order valence-electron chi connectivity index (χ2n) is 8.43. The maximum atomic E-state index is 12.6. The number of likely N-dealkylation sites (tertiary alicyclic amines) is 2. The molecule has 0 radical (unpaired) electrons. The van der Waals surface area contributed by atoms with Crippen molar-refractivity contribution in [3.8, 4) is 0 Å². The summed E-state index contributed by atoms with van der Waals surface area (Å²) in [5.74, 6) is 2.04. The first-order chi connectivity index (χ1) is 12.1. The predicted molar refractivity (Wildman–Crippen MR) is 97.4 cm³/mol. The predicted octanol–water partition coefficient (Wildman–Crippen LogP) is 3.53. The fourth-order valence-electron chi connectivity index (χ4n) is 5.01. The number of hydrogen-bond donors (Lipinski definition) is 1. The number of amides is 2. The van der Waals surface area contributed by atoms with Gasteiger partial charge in [0.05, 0.1) is 6.54 Å². The van der Waals surface area contributed by atoms with Gasteiger partial charge < -0.3 is 14.6 Å². The van der Waals surface area contributed by atoms with Gasteiger partial charge >= 0.3 is 6.03 Å². The van der Waals surface area contributed by atoms with E-state index in [9.17, 15) is 4.79 Å². The summed E-state index contributed by atoms with van der Waals surface area (Å²) < 4.78 is 5.75. The van der Waals surface area contributed by atoms with E-state index < -0.39 is 0 Å². The zero-order valence-corrected chi connectivity index (χ0v) is 15.4. The standard InChI is InChI=1S/C20H31N3O2/c1-16-7-8-18(25-16)13-22-11-4-9-20(14-22)10-12-23(15-20)19(24)21-17-5-2-3-6-17/h7-8,17H,2-6,9-15H2,1H3,(H,21,24)/t20-/m1/s1. The molecule has 138 valence electrons. The van der Waals surface area contributed by atoms with E-state index in [0.717, 1.165) is 63.5 Å². The number of hydrogen-bond acceptors (Lipinski definition) is 3. The van der Waals surface area contributed by atoms with Crippen molar-refractivity contribution in [2.45, 2.75) is 64.5 Å². The Hall–Kier alpha value is -1.49. The van der Waals surface area contributed by atoms with Crippen LogP contribution >= 0.6 is 0 Å². The molecule has 1 aromatic rings. The zero-order valence-electron chi connectivity index (χ0n) is 15.4. The molecule has 2 amide bonds. The topological polar surface area (TPSA) is 48.7 Å². The Kier molecular flexibility index (Phi) is 4.76. The number of carbonyl (C=O) groups is 1. The number of rotatable bonds is 3. The van der Waals surface area contributed by atoms with Crippen LogP contribution in [0.25, 0.3) is 0 Å². The molecule has 1 aliphatic carbocycles. The molecule has 1 spiro atoms. The van der Waals surface area contributed by atoms with Crippen molar-refractivity contribution in [2.24, 2.45) is 5.41 Å². The highest BCUT2D eigenvalue weighted by Gasteiger charge is 2.43. The molecule has 25 heavy (non-hydrogen) atoms. The summed E-state index contributed by atoms with van der Waals surface area (Å²) in [6.45, 7) is 6.93. The molecule has 5 nitrogen and oxygen atoms in total. The highest BCUT2D eigenvalue weighted by molar-refractivity contribution is 5.75. The highest BCUT2D eigenvalue weighted by atomic mass is 16.3. The molecule has 5 heteroatoms. The Morgan fingerprint density at radius 2 is 2.04 bits per heavy atom. The number of nitrogens with one attached hydrogen (secondary N) is 1. The van der Waals surface area contributed by atoms with Crippen LogP contribution < -0.4 is 5.32 Å². The molecule has 2 saturated heterocycles. The average Bonchev–Trinajstić information content (AvgIpc) is 3.31. The lowest BCUT2D eigenvalue weighted by Gasteiger charge is -2.40. The fourth-order valence-corrected chi connectivity index (χ4v) is 5.01. The molecule has 1 atom stereocenters. The maximum absolute atomic E-state index is 12.6. The third-order valence-corrected chi connectivity index (χ3v) is 6.32. The van der Waals surface area contributed by atoms with Crippen LogP contribution in [0, 0.1) is 12.3 Å². The third kappa shape index (κ3) is 3.86. The lowest BCUT2D eigenvalue weighted by atomic mass is 9.79. The number of piperidine rings is 1. The molecule has 1 aromatic heterocycles. The van der Waals surface area contributed by atoms with Gasteiger partial charge in [0.15, 0.2) is 0 Å². The van der Waals surface area contributed by atoms with Crippen LogP contribution in [0.5, 0.6) is 0 Å². The lowest BCUT2D eigenvalue weighted by molar-refractivity contribution is 0.0842. The van der Waals surface area contributed by atoms with Crippen LogP contribution in [0.2, 0.25) is 0 Å². The van der Waals surface area contributed by atoms with Gasteiger partial charge in [-0.25, -0.2) is 4.79 Å². The lowest BCUT2D eigenvalue weighted by Crippen LogP contribution is -2.47. The van der Waals surface area contributed by atoms with Crippen molar-refractivity contribution in [1.82, 2.24) is 15.1 Å². The van der Waals surface area contributed by atoms with E-state index in [-0.39, 0.29) is 11.4 Å². The van der Waals surface area contributed by atoms with E-state index in [0.29, 0.717) is 6.04 Å². The van der Waals surface area contributed by atoms with Crippen LogP contribution in [0.15, 0.2) is 16.5 Å². The van der Waals surface area contributed by atoms with Gasteiger partial charge in [-0.1, -0.05) is 12.8 Å². The first kappa shape index (κ1) is 17.0. The fraction of sp³-hybridized carbons (Fsp3) is 0.750. The molecule has 3 fully saturated rings. The van der Waals surface area contributed by atoms with Crippen molar-refractivity contribution < 1.29 is 9.21 Å². The molecule has 1 saturated carbocycles. The summed E-state index contributed by atoms with van der Waals surface area (Å²) in [6.07, 6.45) is 8.43. The Bertz CT molecular complexity index is 608. The molecule has 3 heterocycles. The SMILES string of the molecule is Cc1ccc(CN2CCC[C@@]3(CCN(C(=O)NC4CCCC4)C3)C2)o1. The quantitative estimate of drug-likeness (QED) is 0.912. The Balaban J connectivity index is 1.33. The number of furan rings is 1. The van der Waals surface area contributed by atoms with Gasteiger partial charge in [0.1, 0.15) is 11.5 Å². The first-order valence-electron chi connectivity index (χ1n) is 9.95. The smallest absolute Gasteiger partial charge is 0.317 e. The number of urea groups is 1. The molecular formula is C20H31N3O2. The summed E-state index contributed by atoms with van der Waals surface area (Å²) in [5, 5.41) is 3.25. The second-order valence-corrected chi connectivity index (χ2v) is 8.43. The largest absolute Gasteiger partial charge is 0.465 e. The average molecular weight is 345 g/mol. The minimum absolute atomic E-state index is 0.169. The summed E-state index contributed by atoms with van der Waals surface area (Å²) in [5.41, 5.74) is 0.285. The molecule has 0 bridgehead atoms. The first-order valence-corrected chi connectivity index (χ1v) is 9.95. The summed E-state index contributed by atoms with van der Waals surface area (Å²) in [7, 11) is 0. The normalized spacial score (nSPS) is 28.1. The molecule has 0 unspecified atom stereocenters. The van der Waals surface area contributed by atoms with Gasteiger partial charge in [0.25, 0.3) is 0 Å². The number of nitrogens with zero attached hydrogens (tertiary/aromatic N) is 2. The molecular weight excluding hydrogens is 314 g/mol. The van der Waals surface area contributed by atoms with Crippen molar-refractivity contribution in [2.75, 3.05) is 26.2 Å². The van der Waals surface area contributed by atoms with E-state index in [4.69, 9.17) is 4.42 Å². The van der Waals surface area contributed by atoms with Crippen molar-refractivity contribution in [1.29, 1.82) is 0 Å². The van der Waals surface area contributed by atoms with Crippen molar-refractivity contribution >= 4 is 6.03 Å². The van der Waals surface area contributed by atoms with Gasteiger partial charge in [-0.05, 0) is 57.7 Å². The highest BCUT2D eigenvalue weighted by Crippen LogP contribution is 2.39. The van der Waals surface area contributed by atoms with Gasteiger partial charge in [-0.2, -0.15) is 0 Å². The molecule has 2 aliphatic heterocycles. The molecule has 1 N–H and O–H groups in total. The summed E-state index contributed by atoms with van der Waals surface area (Å²) in [6, 6.07) is 4.71. The van der Waals surface area contributed by atoms with E-state index in [1.54, 1.807) is 0 Å². The van der Waals surface area contributed by atoms with E-state index in [1.165, 1.54) is 25.7 Å². The number of carbonyl (C=O) groups excluding carboxylic acids is 1. The molecule has 0 aromatic carbocycles. The third-order valence-electron chi connectivity index (χ3n) is 6.32. The zero-order chi connectivity index (χ0) is 17.3. The van der Waals surface area contributed by atoms with Gasteiger partial charge in [0, 0.05) is 31.1 Å². The minimum Gasteiger partial charge on any atom is -0.465 e. The Morgan fingerprint density at radius 3 is 2.80 bits per heavy atom. The maximum Gasteiger partial charge on any atom is 0.317 e. The van der Waals surface area contributed by atoms with Crippen LogP contribution in [0.3, 0.4) is 0 Å².